The highest BCUT2D eigenvalue weighted by molar-refractivity contribution is 7.59. The molecule has 0 spiro atoms. The molecular weight excluding hydrogens is 602 g/mol. The predicted molar refractivity (Wildman–Crippen MR) is 152 cm³/mol. The van der Waals surface area contributed by atoms with Crippen molar-refractivity contribution in [2.24, 2.45) is 0 Å². The summed E-state index contributed by atoms with van der Waals surface area (Å²) >= 11 is 13.0. The summed E-state index contributed by atoms with van der Waals surface area (Å²) in [5, 5.41) is 2.60. The Morgan fingerprint density at radius 1 is 1.05 bits per heavy atom. The normalized spacial score (nSPS) is 18.7. The van der Waals surface area contributed by atoms with E-state index < -0.39 is 60.4 Å². The first kappa shape index (κ1) is 30.6. The molecule has 2 fully saturated rings. The molecule has 2 atom stereocenters. The van der Waals surface area contributed by atoms with E-state index in [1.807, 2.05) is 0 Å². The maximum absolute atomic E-state index is 14.5. The second kappa shape index (κ2) is 12.3. The number of anilines is 2. The molecule has 1 N–H and O–H groups in total. The number of aromatic nitrogens is 2. The van der Waals surface area contributed by atoms with Crippen molar-refractivity contribution >= 4 is 66.1 Å². The van der Waals surface area contributed by atoms with E-state index in [0.29, 0.717) is 0 Å². The van der Waals surface area contributed by atoms with E-state index in [1.165, 1.54) is 42.7 Å². The van der Waals surface area contributed by atoms with Gasteiger partial charge in [-0.1, -0.05) is 35.3 Å². The molecule has 3 aromatic rings. The zero-order valence-corrected chi connectivity index (χ0v) is 23.7. The molecule has 216 valence electrons. The highest BCUT2D eigenvalue weighted by Gasteiger charge is 2.49. The fraction of sp³-hybridized carbons (Fsp3) is 0.296. The van der Waals surface area contributed by atoms with Gasteiger partial charge < -0.3 is 5.32 Å². The third kappa shape index (κ3) is 6.29. The Kier molecular flexibility index (Phi) is 9.15. The summed E-state index contributed by atoms with van der Waals surface area (Å²) in [6.45, 7) is 0. The maximum Gasteiger partial charge on any atom is 0.252 e. The van der Waals surface area contributed by atoms with Gasteiger partial charge in [0.25, 0.3) is 11.8 Å². The number of halogens is 5. The Morgan fingerprint density at radius 3 is 2.29 bits per heavy atom. The highest BCUT2D eigenvalue weighted by atomic mass is 35.5. The fourth-order valence-corrected chi connectivity index (χ4v) is 5.57. The molecule has 2 heterocycles. The smallest absolute Gasteiger partial charge is 0.252 e. The van der Waals surface area contributed by atoms with Gasteiger partial charge in [-0.15, -0.1) is 0 Å². The molecule has 8 nitrogen and oxygen atoms in total. The summed E-state index contributed by atoms with van der Waals surface area (Å²) in [6.07, 6.45) is 1.72. The van der Waals surface area contributed by atoms with Crippen molar-refractivity contribution in [1.82, 2.24) is 15.3 Å². The number of amides is 3. The Balaban J connectivity index is 0.00000387. The summed E-state index contributed by atoms with van der Waals surface area (Å²) in [5.41, 5.74) is -0.0211. The van der Waals surface area contributed by atoms with Gasteiger partial charge in [0.05, 0.1) is 0 Å². The van der Waals surface area contributed by atoms with Crippen molar-refractivity contribution in [3.05, 3.63) is 82.4 Å². The van der Waals surface area contributed by atoms with Crippen molar-refractivity contribution in [2.45, 2.75) is 49.7 Å². The molecule has 5 rings (SSSR count). The van der Waals surface area contributed by atoms with E-state index in [-0.39, 0.29) is 53.6 Å². The van der Waals surface area contributed by atoms with Gasteiger partial charge in [0, 0.05) is 59.0 Å². The Labute approximate surface area is 250 Å². The van der Waals surface area contributed by atoms with E-state index in [0.717, 1.165) is 21.9 Å². The Bertz CT molecular complexity index is 1440. The van der Waals surface area contributed by atoms with Crippen LogP contribution in [0.5, 0.6) is 0 Å². The van der Waals surface area contributed by atoms with Gasteiger partial charge in [-0.3, -0.25) is 24.2 Å². The van der Waals surface area contributed by atoms with Crippen LogP contribution in [0.2, 0.25) is 10.0 Å². The molecule has 14 heteroatoms. The number of nitrogens with one attached hydrogen (secondary N) is 1. The SMILES string of the molecule is O=C(NC1CC(F)(F)C1)C(c1c(Cl)cccc1Cl)N(C(=O)[C@@H]1CCC(=O)N1c1ncccn1)c1cccc(F)c1.S. The molecule has 3 amide bonds. The van der Waals surface area contributed by atoms with Crippen LogP contribution in [0.4, 0.5) is 24.8 Å². The average molecular weight is 626 g/mol. The number of carbonyl (C=O) groups excluding carboxylic acids is 3. The van der Waals surface area contributed by atoms with Crippen molar-refractivity contribution in [1.29, 1.82) is 0 Å². The van der Waals surface area contributed by atoms with Crippen LogP contribution in [0.3, 0.4) is 0 Å². The van der Waals surface area contributed by atoms with Crippen LogP contribution in [0, 0.1) is 5.82 Å². The first-order valence-electron chi connectivity index (χ1n) is 12.4. The van der Waals surface area contributed by atoms with Gasteiger partial charge in [0.15, 0.2) is 0 Å². The van der Waals surface area contributed by atoms with Crippen molar-refractivity contribution in [3.63, 3.8) is 0 Å². The summed E-state index contributed by atoms with van der Waals surface area (Å²) < 4.78 is 41.7. The molecule has 1 aliphatic carbocycles. The number of rotatable bonds is 7. The minimum absolute atomic E-state index is 0. The van der Waals surface area contributed by atoms with Crippen molar-refractivity contribution < 1.29 is 27.6 Å². The van der Waals surface area contributed by atoms with Gasteiger partial charge >= 0.3 is 0 Å². The third-order valence-electron chi connectivity index (χ3n) is 6.80. The van der Waals surface area contributed by atoms with Gasteiger partial charge in [-0.05, 0) is 42.8 Å². The summed E-state index contributed by atoms with van der Waals surface area (Å²) in [4.78, 5) is 51.4. The van der Waals surface area contributed by atoms with E-state index in [4.69, 9.17) is 23.2 Å². The average Bonchev–Trinajstić information content (AvgIpc) is 3.28. The maximum atomic E-state index is 14.5. The number of nitrogens with zero attached hydrogens (tertiary/aromatic N) is 4. The summed E-state index contributed by atoms with van der Waals surface area (Å²) in [6, 6.07) is 7.32. The minimum atomic E-state index is -2.92. The lowest BCUT2D eigenvalue weighted by atomic mass is 9.87. The predicted octanol–water partition coefficient (Wildman–Crippen LogP) is 5.22. The van der Waals surface area contributed by atoms with E-state index >= 15 is 0 Å². The quantitative estimate of drug-likeness (QED) is 0.388. The van der Waals surface area contributed by atoms with Crippen LogP contribution >= 0.6 is 36.7 Å². The van der Waals surface area contributed by atoms with E-state index in [1.54, 1.807) is 6.07 Å². The number of hydrogen-bond acceptors (Lipinski definition) is 5. The van der Waals surface area contributed by atoms with Crippen LogP contribution in [0.1, 0.15) is 37.3 Å². The molecule has 41 heavy (non-hydrogen) atoms. The lowest BCUT2D eigenvalue weighted by Crippen LogP contribution is -2.56. The molecule has 1 aromatic heterocycles. The van der Waals surface area contributed by atoms with Crippen LogP contribution < -0.4 is 15.1 Å². The molecule has 0 bridgehead atoms. The monoisotopic (exact) mass is 625 g/mol. The highest BCUT2D eigenvalue weighted by Crippen LogP contribution is 2.41. The Morgan fingerprint density at radius 2 is 1.68 bits per heavy atom. The largest absolute Gasteiger partial charge is 0.351 e. The number of benzene rings is 2. The van der Waals surface area contributed by atoms with E-state index in [2.05, 4.69) is 15.3 Å². The lowest BCUT2D eigenvalue weighted by molar-refractivity contribution is -0.133. The number of hydrogen-bond donors (Lipinski definition) is 1. The standard InChI is InChI=1S/C27H22Cl2F3N5O3.H2S/c28-18-6-2-7-19(29)22(18)23(24(39)35-16-13-27(31,32)14-16)36(17-5-1-4-15(30)12-17)25(40)20-8-9-21(38)37(20)26-33-10-3-11-34-26;/h1-7,10-12,16,20,23H,8-9,13-14H2,(H,35,39);1H2/t20-,23?;/m0./s1. The summed E-state index contributed by atoms with van der Waals surface area (Å²) in [5.74, 6) is -5.68. The van der Waals surface area contributed by atoms with Gasteiger partial charge in [-0.25, -0.2) is 23.1 Å². The zero-order chi connectivity index (χ0) is 28.6. The van der Waals surface area contributed by atoms with Gasteiger partial charge in [0.1, 0.15) is 17.9 Å². The lowest BCUT2D eigenvalue weighted by Gasteiger charge is -2.39. The molecular formula is C27H24Cl2F3N5O3S. The molecule has 1 saturated heterocycles. The number of carbonyl (C=O) groups is 3. The Hall–Kier alpha value is -3.35. The molecule has 1 saturated carbocycles. The van der Waals surface area contributed by atoms with Gasteiger partial charge in [0.2, 0.25) is 17.8 Å². The second-order valence-electron chi connectivity index (χ2n) is 9.56. The van der Waals surface area contributed by atoms with Crippen LogP contribution in [0.15, 0.2) is 60.9 Å². The van der Waals surface area contributed by atoms with Crippen LogP contribution in [-0.4, -0.2) is 45.7 Å². The van der Waals surface area contributed by atoms with Crippen molar-refractivity contribution in [3.8, 4) is 0 Å². The molecule has 0 radical (unpaired) electrons. The molecule has 2 aromatic carbocycles. The first-order valence-corrected chi connectivity index (χ1v) is 13.1. The molecule has 1 aliphatic heterocycles. The summed E-state index contributed by atoms with van der Waals surface area (Å²) in [7, 11) is 0. The zero-order valence-electron chi connectivity index (χ0n) is 21.2. The van der Waals surface area contributed by atoms with Crippen LogP contribution in [-0.2, 0) is 14.4 Å². The number of alkyl halides is 2. The van der Waals surface area contributed by atoms with Crippen LogP contribution in [0.25, 0.3) is 0 Å². The first-order chi connectivity index (χ1) is 19.1. The molecule has 2 aliphatic rings. The second-order valence-corrected chi connectivity index (χ2v) is 10.4. The minimum Gasteiger partial charge on any atom is -0.351 e. The van der Waals surface area contributed by atoms with Crippen molar-refractivity contribution in [2.75, 3.05) is 9.80 Å². The van der Waals surface area contributed by atoms with E-state index in [9.17, 15) is 27.6 Å². The topological polar surface area (TPSA) is 95.5 Å². The third-order valence-corrected chi connectivity index (χ3v) is 7.46. The molecule has 1 unspecified atom stereocenters. The van der Waals surface area contributed by atoms with Gasteiger partial charge in [-0.2, -0.15) is 13.5 Å². The fourth-order valence-electron chi connectivity index (χ4n) is 4.97.